The van der Waals surface area contributed by atoms with Crippen LogP contribution in [0.5, 0.6) is 5.75 Å². The second kappa shape index (κ2) is 6.23. The molecular formula is C15H18N2O3. The summed E-state index contributed by atoms with van der Waals surface area (Å²) in [6, 6.07) is 7.14. The van der Waals surface area contributed by atoms with E-state index in [1.54, 1.807) is 27.2 Å². The van der Waals surface area contributed by atoms with E-state index >= 15 is 0 Å². The zero-order valence-electron chi connectivity index (χ0n) is 11.8. The maximum absolute atomic E-state index is 11.7. The number of aromatic nitrogens is 1. The van der Waals surface area contributed by atoms with Crippen molar-refractivity contribution >= 4 is 22.6 Å². The van der Waals surface area contributed by atoms with Crippen LogP contribution in [-0.4, -0.2) is 30.7 Å². The van der Waals surface area contributed by atoms with Gasteiger partial charge in [-0.2, -0.15) is 0 Å². The lowest BCUT2D eigenvalue weighted by Gasteiger charge is -2.15. The Morgan fingerprint density at radius 3 is 2.85 bits per heavy atom. The second-order valence-corrected chi connectivity index (χ2v) is 4.33. The SMILES string of the molecule is CCOC(=O)C(C)Nc1nccc2c(OC)cccc12. The molecule has 1 atom stereocenters. The van der Waals surface area contributed by atoms with Crippen LogP contribution in [0.2, 0.25) is 0 Å². The first kappa shape index (κ1) is 14.1. The molecule has 0 radical (unpaired) electrons. The first-order valence-corrected chi connectivity index (χ1v) is 6.52. The van der Waals surface area contributed by atoms with Gasteiger partial charge < -0.3 is 14.8 Å². The summed E-state index contributed by atoms with van der Waals surface area (Å²) >= 11 is 0. The maximum Gasteiger partial charge on any atom is 0.328 e. The van der Waals surface area contributed by atoms with Gasteiger partial charge in [-0.1, -0.05) is 12.1 Å². The molecular weight excluding hydrogens is 256 g/mol. The number of pyridine rings is 1. The molecule has 0 spiro atoms. The summed E-state index contributed by atoms with van der Waals surface area (Å²) < 4.78 is 10.3. The number of esters is 1. The number of fused-ring (bicyclic) bond motifs is 1. The van der Waals surface area contributed by atoms with Gasteiger partial charge in [0.1, 0.15) is 17.6 Å². The standard InChI is InChI=1S/C15H18N2O3/c1-4-20-15(18)10(2)17-14-12-6-5-7-13(19-3)11(12)8-9-16-14/h5-10H,4H2,1-3H3,(H,16,17). The van der Waals surface area contributed by atoms with Gasteiger partial charge in [0.15, 0.2) is 0 Å². The molecule has 5 heteroatoms. The fourth-order valence-electron chi connectivity index (χ4n) is 2.00. The number of benzene rings is 1. The van der Waals surface area contributed by atoms with Gasteiger partial charge in [0.05, 0.1) is 13.7 Å². The molecule has 0 aliphatic rings. The fraction of sp³-hybridized carbons (Fsp3) is 0.333. The number of nitrogens with one attached hydrogen (secondary N) is 1. The molecule has 2 aromatic rings. The normalized spacial score (nSPS) is 11.9. The number of carbonyl (C=O) groups is 1. The summed E-state index contributed by atoms with van der Waals surface area (Å²) in [7, 11) is 1.63. The smallest absolute Gasteiger partial charge is 0.328 e. The average molecular weight is 274 g/mol. The van der Waals surface area contributed by atoms with E-state index in [0.717, 1.165) is 16.5 Å². The minimum atomic E-state index is -0.459. The molecule has 0 saturated heterocycles. The number of anilines is 1. The van der Waals surface area contributed by atoms with Crippen molar-refractivity contribution in [3.8, 4) is 5.75 Å². The Morgan fingerprint density at radius 1 is 1.35 bits per heavy atom. The molecule has 5 nitrogen and oxygen atoms in total. The molecule has 1 N–H and O–H groups in total. The number of hydrogen-bond acceptors (Lipinski definition) is 5. The zero-order valence-corrected chi connectivity index (χ0v) is 11.8. The van der Waals surface area contributed by atoms with Crippen LogP contribution in [0.4, 0.5) is 5.82 Å². The van der Waals surface area contributed by atoms with E-state index < -0.39 is 6.04 Å². The lowest BCUT2D eigenvalue weighted by atomic mass is 10.1. The van der Waals surface area contributed by atoms with Gasteiger partial charge in [-0.3, -0.25) is 0 Å². The molecule has 0 saturated carbocycles. The predicted octanol–water partition coefficient (Wildman–Crippen LogP) is 2.61. The van der Waals surface area contributed by atoms with E-state index in [1.807, 2.05) is 24.3 Å². The van der Waals surface area contributed by atoms with Crippen LogP contribution in [0.3, 0.4) is 0 Å². The number of hydrogen-bond donors (Lipinski definition) is 1. The van der Waals surface area contributed by atoms with Crippen molar-refractivity contribution < 1.29 is 14.3 Å². The molecule has 1 unspecified atom stereocenters. The number of carbonyl (C=O) groups excluding carboxylic acids is 1. The van der Waals surface area contributed by atoms with Gasteiger partial charge >= 0.3 is 5.97 Å². The lowest BCUT2D eigenvalue weighted by molar-refractivity contribution is -0.143. The highest BCUT2D eigenvalue weighted by atomic mass is 16.5. The van der Waals surface area contributed by atoms with Crippen molar-refractivity contribution in [2.45, 2.75) is 19.9 Å². The molecule has 1 aromatic heterocycles. The molecule has 1 aromatic carbocycles. The number of ether oxygens (including phenoxy) is 2. The average Bonchev–Trinajstić information content (AvgIpc) is 2.47. The quantitative estimate of drug-likeness (QED) is 0.849. The van der Waals surface area contributed by atoms with Crippen molar-refractivity contribution in [2.24, 2.45) is 0 Å². The molecule has 0 bridgehead atoms. The van der Waals surface area contributed by atoms with Crippen LogP contribution in [0.25, 0.3) is 10.8 Å². The molecule has 0 fully saturated rings. The van der Waals surface area contributed by atoms with E-state index in [-0.39, 0.29) is 5.97 Å². The molecule has 1 heterocycles. The van der Waals surface area contributed by atoms with Crippen molar-refractivity contribution in [3.05, 3.63) is 30.5 Å². The number of nitrogens with zero attached hydrogens (tertiary/aromatic N) is 1. The molecule has 2 rings (SSSR count). The minimum Gasteiger partial charge on any atom is -0.496 e. The Balaban J connectivity index is 2.33. The van der Waals surface area contributed by atoms with Gasteiger partial charge in [0, 0.05) is 17.0 Å². The third-order valence-corrected chi connectivity index (χ3v) is 2.98. The van der Waals surface area contributed by atoms with Crippen LogP contribution in [0.1, 0.15) is 13.8 Å². The van der Waals surface area contributed by atoms with Crippen molar-refractivity contribution in [3.63, 3.8) is 0 Å². The van der Waals surface area contributed by atoms with Crippen molar-refractivity contribution in [1.29, 1.82) is 0 Å². The summed E-state index contributed by atoms with van der Waals surface area (Å²) in [6.07, 6.45) is 1.69. The highest BCUT2D eigenvalue weighted by Gasteiger charge is 2.15. The minimum absolute atomic E-state index is 0.297. The Labute approximate surface area is 117 Å². The van der Waals surface area contributed by atoms with Crippen LogP contribution in [0.15, 0.2) is 30.5 Å². The molecule has 0 aliphatic heterocycles. The highest BCUT2D eigenvalue weighted by Crippen LogP contribution is 2.29. The lowest BCUT2D eigenvalue weighted by Crippen LogP contribution is -2.28. The largest absolute Gasteiger partial charge is 0.496 e. The summed E-state index contributed by atoms with van der Waals surface area (Å²) in [4.78, 5) is 16.0. The van der Waals surface area contributed by atoms with Crippen LogP contribution in [-0.2, 0) is 9.53 Å². The highest BCUT2D eigenvalue weighted by molar-refractivity contribution is 5.96. The van der Waals surface area contributed by atoms with E-state index in [4.69, 9.17) is 9.47 Å². The molecule has 106 valence electrons. The summed E-state index contributed by atoms with van der Waals surface area (Å²) in [5.74, 6) is 1.12. The summed E-state index contributed by atoms with van der Waals surface area (Å²) in [5.41, 5.74) is 0. The van der Waals surface area contributed by atoms with Gasteiger partial charge in [-0.25, -0.2) is 9.78 Å². The second-order valence-electron chi connectivity index (χ2n) is 4.33. The summed E-state index contributed by atoms with van der Waals surface area (Å²) in [6.45, 7) is 3.89. The van der Waals surface area contributed by atoms with Gasteiger partial charge in [0.25, 0.3) is 0 Å². The van der Waals surface area contributed by atoms with Gasteiger partial charge in [-0.15, -0.1) is 0 Å². The third-order valence-electron chi connectivity index (χ3n) is 2.98. The van der Waals surface area contributed by atoms with E-state index in [0.29, 0.717) is 12.4 Å². The molecule has 0 amide bonds. The first-order chi connectivity index (χ1) is 9.67. The van der Waals surface area contributed by atoms with E-state index in [2.05, 4.69) is 10.3 Å². The monoisotopic (exact) mass is 274 g/mol. The number of methoxy groups -OCH3 is 1. The Bertz CT molecular complexity index is 613. The zero-order chi connectivity index (χ0) is 14.5. The van der Waals surface area contributed by atoms with Crippen LogP contribution in [0, 0.1) is 0 Å². The maximum atomic E-state index is 11.7. The Morgan fingerprint density at radius 2 is 2.15 bits per heavy atom. The van der Waals surface area contributed by atoms with Gasteiger partial charge in [0.2, 0.25) is 0 Å². The summed E-state index contributed by atoms with van der Waals surface area (Å²) in [5, 5.41) is 4.93. The predicted molar refractivity (Wildman–Crippen MR) is 78.0 cm³/mol. The van der Waals surface area contributed by atoms with E-state index in [9.17, 15) is 4.79 Å². The topological polar surface area (TPSA) is 60.5 Å². The van der Waals surface area contributed by atoms with Crippen molar-refractivity contribution in [2.75, 3.05) is 19.0 Å². The van der Waals surface area contributed by atoms with E-state index in [1.165, 1.54) is 0 Å². The number of rotatable bonds is 5. The fourth-order valence-corrected chi connectivity index (χ4v) is 2.00. The van der Waals surface area contributed by atoms with Crippen LogP contribution < -0.4 is 10.1 Å². The first-order valence-electron chi connectivity index (χ1n) is 6.52. The Kier molecular flexibility index (Phi) is 4.40. The van der Waals surface area contributed by atoms with Crippen molar-refractivity contribution in [1.82, 2.24) is 4.98 Å². The third kappa shape index (κ3) is 2.82. The van der Waals surface area contributed by atoms with Crippen LogP contribution >= 0.6 is 0 Å². The molecule has 0 aliphatic carbocycles. The Hall–Kier alpha value is -2.30. The molecule has 20 heavy (non-hydrogen) atoms. The van der Waals surface area contributed by atoms with Gasteiger partial charge in [-0.05, 0) is 26.0 Å².